The number of rotatable bonds is 17. The quantitative estimate of drug-likeness (QED) is 0.0636. The molecular formula is C60H69ClN12O9. The van der Waals surface area contributed by atoms with Crippen LogP contribution in [0.25, 0.3) is 10.9 Å². The molecule has 3 aliphatic rings. The number of nitrogens with zero attached hydrogens (tertiary/aromatic N) is 3. The molecule has 430 valence electrons. The third-order valence-corrected chi connectivity index (χ3v) is 15.1. The maximum Gasteiger partial charge on any atom is 0.407 e. The van der Waals surface area contributed by atoms with E-state index in [0.717, 1.165) is 22.0 Å². The average Bonchev–Trinajstić information content (AvgIpc) is 4.32. The monoisotopic (exact) mass is 1140 g/mol. The predicted octanol–water partition coefficient (Wildman–Crippen LogP) is 2.45. The number of aromatic amines is 1. The van der Waals surface area contributed by atoms with Crippen LogP contribution in [0, 0.1) is 0 Å². The molecule has 0 bridgehead atoms. The van der Waals surface area contributed by atoms with Crippen LogP contribution in [-0.2, 0) is 65.8 Å². The molecule has 0 radical (unpaired) electrons. The number of carbonyl (C=O) groups excluding carboxylic acids is 7. The Kier molecular flexibility index (Phi) is 20.2. The smallest absolute Gasteiger partial charge is 0.407 e. The molecule has 5 heterocycles. The van der Waals surface area contributed by atoms with Gasteiger partial charge < -0.3 is 62.3 Å². The van der Waals surface area contributed by atoms with E-state index in [0.29, 0.717) is 60.1 Å². The van der Waals surface area contributed by atoms with Crippen molar-refractivity contribution in [1.29, 1.82) is 0 Å². The molecule has 9 rings (SSSR count). The van der Waals surface area contributed by atoms with Gasteiger partial charge in [-0.3, -0.25) is 38.7 Å². The number of fused-ring (bicyclic) bond motifs is 2. The minimum absolute atomic E-state index is 0.0260. The van der Waals surface area contributed by atoms with Gasteiger partial charge in [-0.1, -0.05) is 90.5 Å². The van der Waals surface area contributed by atoms with Gasteiger partial charge in [0.2, 0.25) is 35.4 Å². The second-order valence-electron chi connectivity index (χ2n) is 20.8. The minimum Gasteiger partial charge on any atom is -0.489 e. The summed E-state index contributed by atoms with van der Waals surface area (Å²) in [6.45, 7) is 2.63. The number of ether oxygens (including phenoxy) is 2. The zero-order valence-corrected chi connectivity index (χ0v) is 46.1. The van der Waals surface area contributed by atoms with E-state index < -0.39 is 83.9 Å². The van der Waals surface area contributed by atoms with Crippen LogP contribution in [0.5, 0.6) is 5.75 Å². The molecule has 0 spiro atoms. The van der Waals surface area contributed by atoms with Gasteiger partial charge in [0.25, 0.3) is 0 Å². The highest BCUT2D eigenvalue weighted by Gasteiger charge is 2.45. The Balaban J connectivity index is 1.10. The molecule has 2 aromatic heterocycles. The van der Waals surface area contributed by atoms with Crippen molar-refractivity contribution >= 4 is 64.0 Å². The molecule has 10 N–H and O–H groups in total. The minimum atomic E-state index is -1.38. The fourth-order valence-electron chi connectivity index (χ4n) is 10.5. The molecule has 82 heavy (non-hydrogen) atoms. The Hall–Kier alpha value is -8.37. The van der Waals surface area contributed by atoms with Crippen molar-refractivity contribution < 1.29 is 43.0 Å². The standard InChI is InChI=1S/C60H69ClN12O9/c61-43-17-12-40(13-18-43)37-81-44-19-14-39(15-20-44)29-49-55(75)70-51(30-41-9-6-23-64-33-41)59(79)73-35-45(82-60(80)65-24-22-62)32-53(73)58(78)67-48(21-16-38-7-2-1-3-8-38)54(74)69-50(31-42-34-66-47-11-5-4-10-46(42)47)56(76)71-52(57(77)68-49)36-72-27-25-63-26-28-72/h1-15,17-20,23,33-34,45,48-53,63,66H,16,21-22,24-32,35-37,62H2,(H,65,80)(H,67,78)(H,68,77)(H,69,74)(H,70,75)(H,71,76)/t45-,48+,49+,50-,51+,52+,53+/m1/s1. The van der Waals surface area contributed by atoms with Crippen molar-refractivity contribution in [3.63, 3.8) is 0 Å². The Morgan fingerprint density at radius 2 is 1.30 bits per heavy atom. The number of halogens is 1. The van der Waals surface area contributed by atoms with Crippen LogP contribution < -0.4 is 47.7 Å². The van der Waals surface area contributed by atoms with Crippen LogP contribution in [0.3, 0.4) is 0 Å². The van der Waals surface area contributed by atoms with Crippen molar-refractivity contribution in [1.82, 2.24) is 57.0 Å². The number of piperazine rings is 1. The third-order valence-electron chi connectivity index (χ3n) is 14.8. The lowest BCUT2D eigenvalue weighted by molar-refractivity contribution is -0.143. The summed E-state index contributed by atoms with van der Waals surface area (Å²) in [7, 11) is 0. The van der Waals surface area contributed by atoms with E-state index in [1.54, 1.807) is 67.1 Å². The highest BCUT2D eigenvalue weighted by atomic mass is 35.5. The first-order valence-corrected chi connectivity index (χ1v) is 28.1. The maximum absolute atomic E-state index is 15.4. The molecule has 3 fully saturated rings. The summed E-state index contributed by atoms with van der Waals surface area (Å²) in [6.07, 6.45) is 3.06. The Bertz CT molecular complexity index is 3150. The van der Waals surface area contributed by atoms with Crippen LogP contribution >= 0.6 is 11.6 Å². The molecule has 0 aliphatic carbocycles. The summed E-state index contributed by atoms with van der Waals surface area (Å²) >= 11 is 6.09. The summed E-state index contributed by atoms with van der Waals surface area (Å²) in [5, 5.41) is 22.0. The summed E-state index contributed by atoms with van der Waals surface area (Å²) < 4.78 is 11.8. The number of nitrogens with one attached hydrogen (secondary N) is 8. The van der Waals surface area contributed by atoms with Gasteiger partial charge >= 0.3 is 6.09 Å². The number of benzene rings is 4. The lowest BCUT2D eigenvalue weighted by Crippen LogP contribution is -2.63. The number of H-pyrrole nitrogens is 1. The fourth-order valence-corrected chi connectivity index (χ4v) is 10.6. The molecule has 7 amide bonds. The van der Waals surface area contributed by atoms with Crippen molar-refractivity contribution in [2.45, 2.75) is 87.5 Å². The molecule has 6 aromatic rings. The number of aryl methyl sites for hydroxylation is 1. The SMILES string of the molecule is NCCNC(=O)O[C@@H]1C[C@H]2C(=O)N[C@@H](CCc3ccccc3)C(=O)N[C@H](Cc3c[nH]c4ccccc34)C(=O)N[C@@H](CN3CCNCC3)C(=O)N[C@@H](Cc3ccc(OCc4ccc(Cl)cc4)cc3)C(=O)N[C@@H](Cc3cccnc3)C(=O)N2C1. The molecule has 0 unspecified atom stereocenters. The largest absolute Gasteiger partial charge is 0.489 e. The van der Waals surface area contributed by atoms with Gasteiger partial charge in [0.05, 0.1) is 6.54 Å². The van der Waals surface area contributed by atoms with Crippen LogP contribution in [0.1, 0.15) is 40.7 Å². The summed E-state index contributed by atoms with van der Waals surface area (Å²) in [6, 6.07) is 26.7. The zero-order chi connectivity index (χ0) is 57.4. The normalized spacial score (nSPS) is 22.4. The number of hydrogen-bond donors (Lipinski definition) is 9. The highest BCUT2D eigenvalue weighted by molar-refractivity contribution is 6.30. The van der Waals surface area contributed by atoms with Crippen LogP contribution in [-0.4, -0.2) is 156 Å². The van der Waals surface area contributed by atoms with E-state index in [4.69, 9.17) is 26.8 Å². The fraction of sp³-hybridized carbons (Fsp3) is 0.367. The molecule has 4 aromatic carbocycles. The molecule has 21 nitrogen and oxygen atoms in total. The molecule has 22 heteroatoms. The van der Waals surface area contributed by atoms with E-state index in [2.05, 4.69) is 47.2 Å². The first-order valence-electron chi connectivity index (χ1n) is 27.7. The molecule has 3 saturated heterocycles. The highest BCUT2D eigenvalue weighted by Crippen LogP contribution is 2.25. The van der Waals surface area contributed by atoms with E-state index in [-0.39, 0.29) is 64.9 Å². The van der Waals surface area contributed by atoms with E-state index in [1.165, 1.54) is 4.90 Å². The van der Waals surface area contributed by atoms with Crippen LogP contribution in [0.15, 0.2) is 134 Å². The molecular weight excluding hydrogens is 1070 g/mol. The number of pyridine rings is 1. The summed E-state index contributed by atoms with van der Waals surface area (Å²) in [5.41, 5.74) is 10.1. The summed E-state index contributed by atoms with van der Waals surface area (Å²) in [5.74, 6) is -3.71. The van der Waals surface area contributed by atoms with Gasteiger partial charge in [-0.15, -0.1) is 0 Å². The van der Waals surface area contributed by atoms with Gasteiger partial charge in [-0.25, -0.2) is 4.79 Å². The van der Waals surface area contributed by atoms with Crippen molar-refractivity contribution in [2.75, 3.05) is 52.4 Å². The topological polar surface area (TPSA) is 283 Å². The number of alkyl carbamates (subject to hydrolysis) is 1. The number of hydrogen-bond acceptors (Lipinski definition) is 13. The van der Waals surface area contributed by atoms with Gasteiger partial charge in [0, 0.05) is 106 Å². The van der Waals surface area contributed by atoms with Crippen LogP contribution in [0.2, 0.25) is 5.02 Å². The lowest BCUT2D eigenvalue weighted by atomic mass is 10.0. The third kappa shape index (κ3) is 16.0. The first-order chi connectivity index (χ1) is 39.8. The Labute approximate surface area is 480 Å². The Morgan fingerprint density at radius 3 is 2.04 bits per heavy atom. The second kappa shape index (κ2) is 28.4. The number of para-hydroxylation sites is 1. The van der Waals surface area contributed by atoms with Gasteiger partial charge in [-0.2, -0.15) is 0 Å². The second-order valence-corrected chi connectivity index (χ2v) is 21.2. The number of carbonyl (C=O) groups is 7. The molecule has 3 aliphatic heterocycles. The zero-order valence-electron chi connectivity index (χ0n) is 45.3. The number of aromatic nitrogens is 2. The maximum atomic E-state index is 15.4. The van der Waals surface area contributed by atoms with Crippen LogP contribution in [0.4, 0.5) is 4.79 Å². The lowest BCUT2D eigenvalue weighted by Gasteiger charge is -2.33. The summed E-state index contributed by atoms with van der Waals surface area (Å²) in [4.78, 5) is 115. The predicted molar refractivity (Wildman–Crippen MR) is 307 cm³/mol. The molecule has 7 atom stereocenters. The van der Waals surface area contributed by atoms with E-state index in [9.17, 15) is 4.79 Å². The van der Waals surface area contributed by atoms with Gasteiger partial charge in [0.1, 0.15) is 54.7 Å². The van der Waals surface area contributed by atoms with Crippen molar-refractivity contribution in [2.24, 2.45) is 5.73 Å². The average molecular weight is 1140 g/mol. The van der Waals surface area contributed by atoms with E-state index >= 15 is 28.8 Å². The van der Waals surface area contributed by atoms with Crippen molar-refractivity contribution in [3.05, 3.63) is 167 Å². The van der Waals surface area contributed by atoms with Gasteiger partial charge in [-0.05, 0) is 77.1 Å². The van der Waals surface area contributed by atoms with Gasteiger partial charge in [0.15, 0.2) is 0 Å². The van der Waals surface area contributed by atoms with Crippen molar-refractivity contribution in [3.8, 4) is 5.75 Å². The first kappa shape index (κ1) is 58.3. The number of amides is 7. The van der Waals surface area contributed by atoms with E-state index in [1.807, 2.05) is 71.6 Å². The Morgan fingerprint density at radius 1 is 0.671 bits per heavy atom. The molecule has 0 saturated carbocycles. The number of nitrogens with two attached hydrogens (primary N) is 1.